The van der Waals surface area contributed by atoms with E-state index in [0.717, 1.165) is 17.7 Å². The highest BCUT2D eigenvalue weighted by molar-refractivity contribution is 8.00. The maximum Gasteiger partial charge on any atom is 0.262 e. The second-order valence-corrected chi connectivity index (χ2v) is 9.34. The van der Waals surface area contributed by atoms with Crippen molar-refractivity contribution in [2.75, 3.05) is 19.0 Å². The zero-order valence-electron chi connectivity index (χ0n) is 19.3. The molecule has 2 aromatic carbocycles. The van der Waals surface area contributed by atoms with Crippen LogP contribution in [-0.2, 0) is 9.53 Å². The average Bonchev–Trinajstić information content (AvgIpc) is 2.79. The predicted molar refractivity (Wildman–Crippen MR) is 132 cm³/mol. The monoisotopic (exact) mass is 453 g/mol. The van der Waals surface area contributed by atoms with Gasteiger partial charge in [-0.25, -0.2) is 4.98 Å². The van der Waals surface area contributed by atoms with Gasteiger partial charge in [-0.2, -0.15) is 0 Å². The zero-order valence-corrected chi connectivity index (χ0v) is 20.1. The van der Waals surface area contributed by atoms with E-state index in [9.17, 15) is 9.59 Å². The number of carbonyl (C=O) groups excluding carboxylic acids is 1. The molecule has 0 saturated heterocycles. The molecule has 0 unspecified atom stereocenters. The Hall–Kier alpha value is -2.64. The third-order valence-corrected chi connectivity index (χ3v) is 6.70. The van der Waals surface area contributed by atoms with E-state index in [1.807, 2.05) is 50.2 Å². The molecule has 1 amide bonds. The number of hydrogen-bond donors (Lipinski definition) is 1. The van der Waals surface area contributed by atoms with Crippen LogP contribution in [0, 0.1) is 0 Å². The number of benzene rings is 2. The first-order valence-electron chi connectivity index (χ1n) is 10.9. The van der Waals surface area contributed by atoms with Crippen molar-refractivity contribution < 1.29 is 9.53 Å². The molecule has 1 heterocycles. The Morgan fingerprint density at radius 2 is 1.81 bits per heavy atom. The van der Waals surface area contributed by atoms with Crippen LogP contribution in [0.1, 0.15) is 51.6 Å². The van der Waals surface area contributed by atoms with Gasteiger partial charge >= 0.3 is 0 Å². The average molecular weight is 454 g/mol. The van der Waals surface area contributed by atoms with Gasteiger partial charge in [0.25, 0.3) is 5.56 Å². The molecular formula is C25H31N3O3S. The van der Waals surface area contributed by atoms with Gasteiger partial charge in [-0.05, 0) is 49.9 Å². The Labute approximate surface area is 193 Å². The molecule has 3 atom stereocenters. The van der Waals surface area contributed by atoms with E-state index in [1.54, 1.807) is 17.7 Å². The highest BCUT2D eigenvalue weighted by atomic mass is 32.2. The fourth-order valence-corrected chi connectivity index (χ4v) is 4.63. The highest BCUT2D eigenvalue weighted by Crippen LogP contribution is 2.29. The Morgan fingerprint density at radius 1 is 1.12 bits per heavy atom. The van der Waals surface area contributed by atoms with Crippen molar-refractivity contribution in [2.45, 2.75) is 56.5 Å². The fraction of sp³-hybridized carbons (Fsp3) is 0.400. The van der Waals surface area contributed by atoms with Gasteiger partial charge < -0.3 is 10.1 Å². The number of para-hydroxylation sites is 2. The van der Waals surface area contributed by atoms with Crippen molar-refractivity contribution in [1.29, 1.82) is 0 Å². The Kier molecular flexibility index (Phi) is 8.10. The van der Waals surface area contributed by atoms with Crippen LogP contribution in [0.3, 0.4) is 0 Å². The summed E-state index contributed by atoms with van der Waals surface area (Å²) in [5.41, 5.74) is 2.44. The third-order valence-electron chi connectivity index (χ3n) is 5.64. The van der Waals surface area contributed by atoms with Crippen LogP contribution in [-0.4, -0.2) is 34.4 Å². The lowest BCUT2D eigenvalue weighted by atomic mass is 9.97. The van der Waals surface area contributed by atoms with E-state index in [4.69, 9.17) is 9.72 Å². The van der Waals surface area contributed by atoms with E-state index in [2.05, 4.69) is 25.2 Å². The van der Waals surface area contributed by atoms with Gasteiger partial charge in [0.15, 0.2) is 5.16 Å². The Bertz CT molecular complexity index is 1140. The number of carbonyl (C=O) groups is 1. The summed E-state index contributed by atoms with van der Waals surface area (Å²) in [6.07, 6.45) is 0.988. The number of fused-ring (bicyclic) bond motifs is 1. The zero-order chi connectivity index (χ0) is 23.3. The first kappa shape index (κ1) is 24.0. The van der Waals surface area contributed by atoms with Gasteiger partial charge in [-0.1, -0.05) is 55.9 Å². The molecule has 32 heavy (non-hydrogen) atoms. The first-order valence-corrected chi connectivity index (χ1v) is 11.8. The quantitative estimate of drug-likeness (QED) is 0.354. The molecular weight excluding hydrogens is 422 g/mol. The van der Waals surface area contributed by atoms with Gasteiger partial charge in [0.2, 0.25) is 5.91 Å². The van der Waals surface area contributed by atoms with Crippen LogP contribution in [0.2, 0.25) is 0 Å². The smallest absolute Gasteiger partial charge is 0.262 e. The maximum absolute atomic E-state index is 13.2. The Balaban J connectivity index is 1.91. The number of ether oxygens (including phenoxy) is 1. The van der Waals surface area contributed by atoms with Gasteiger partial charge in [-0.3, -0.25) is 14.2 Å². The van der Waals surface area contributed by atoms with E-state index >= 15 is 0 Å². The van der Waals surface area contributed by atoms with Crippen molar-refractivity contribution in [3.8, 4) is 0 Å². The summed E-state index contributed by atoms with van der Waals surface area (Å²) in [7, 11) is 1.60. The largest absolute Gasteiger partial charge is 0.383 e. The maximum atomic E-state index is 13.2. The third kappa shape index (κ3) is 5.22. The van der Waals surface area contributed by atoms with Crippen molar-refractivity contribution >= 4 is 34.3 Å². The first-order chi connectivity index (χ1) is 15.4. The summed E-state index contributed by atoms with van der Waals surface area (Å²) in [5.74, 6) is 0.218. The summed E-state index contributed by atoms with van der Waals surface area (Å²) in [6, 6.07) is 15.0. The van der Waals surface area contributed by atoms with Crippen LogP contribution >= 0.6 is 11.8 Å². The van der Waals surface area contributed by atoms with Crippen LogP contribution in [0.4, 0.5) is 5.69 Å². The van der Waals surface area contributed by atoms with Crippen LogP contribution in [0.15, 0.2) is 58.5 Å². The standard InChI is InChI=1S/C25H31N3O3S/c1-6-16(2)19-11-7-9-13-21(19)26-23(29)18(4)32-25-27-22-14-10-8-12-20(22)24(30)28(25)17(3)15-31-5/h7-14,16-18H,6,15H2,1-5H3,(H,26,29)/t16-,17+,18-/m0/s1. The number of rotatable bonds is 9. The summed E-state index contributed by atoms with van der Waals surface area (Å²) in [6.45, 7) is 8.40. The highest BCUT2D eigenvalue weighted by Gasteiger charge is 2.23. The summed E-state index contributed by atoms with van der Waals surface area (Å²) < 4.78 is 6.91. The predicted octanol–water partition coefficient (Wildman–Crippen LogP) is 5.24. The van der Waals surface area contributed by atoms with Gasteiger partial charge in [-0.15, -0.1) is 0 Å². The topological polar surface area (TPSA) is 73.2 Å². The van der Waals surface area contributed by atoms with Crippen molar-refractivity contribution in [3.63, 3.8) is 0 Å². The molecule has 0 aliphatic heterocycles. The molecule has 0 radical (unpaired) electrons. The minimum Gasteiger partial charge on any atom is -0.383 e. The van der Waals surface area contributed by atoms with E-state index < -0.39 is 5.25 Å². The second-order valence-electron chi connectivity index (χ2n) is 8.04. The van der Waals surface area contributed by atoms with Gasteiger partial charge in [0, 0.05) is 12.8 Å². The fourth-order valence-electron chi connectivity index (χ4n) is 3.62. The molecule has 0 saturated carbocycles. The molecule has 0 fully saturated rings. The number of aromatic nitrogens is 2. The lowest BCUT2D eigenvalue weighted by Gasteiger charge is -2.21. The number of amides is 1. The summed E-state index contributed by atoms with van der Waals surface area (Å²) in [4.78, 5) is 31.0. The minimum atomic E-state index is -0.450. The Morgan fingerprint density at radius 3 is 2.53 bits per heavy atom. The molecule has 1 N–H and O–H groups in total. The number of hydrogen-bond acceptors (Lipinski definition) is 5. The lowest BCUT2D eigenvalue weighted by molar-refractivity contribution is -0.115. The number of nitrogens with zero attached hydrogens (tertiary/aromatic N) is 2. The molecule has 0 bridgehead atoms. The number of anilines is 1. The van der Waals surface area contributed by atoms with Crippen LogP contribution in [0.5, 0.6) is 0 Å². The normalized spacial score (nSPS) is 14.2. The molecule has 3 aromatic rings. The van der Waals surface area contributed by atoms with E-state index in [-0.39, 0.29) is 17.5 Å². The molecule has 6 nitrogen and oxygen atoms in total. The molecule has 170 valence electrons. The molecule has 0 aliphatic rings. The minimum absolute atomic E-state index is 0.126. The van der Waals surface area contributed by atoms with Gasteiger partial charge in [0.1, 0.15) is 0 Å². The summed E-state index contributed by atoms with van der Waals surface area (Å²) >= 11 is 1.29. The SMILES string of the molecule is CC[C@H](C)c1ccccc1NC(=O)[C@H](C)Sc1nc2ccccc2c(=O)n1[C@H](C)COC. The van der Waals surface area contributed by atoms with Crippen LogP contribution in [0.25, 0.3) is 10.9 Å². The molecule has 1 aromatic heterocycles. The van der Waals surface area contributed by atoms with Crippen molar-refractivity contribution in [3.05, 3.63) is 64.4 Å². The van der Waals surface area contributed by atoms with Crippen molar-refractivity contribution in [2.24, 2.45) is 0 Å². The van der Waals surface area contributed by atoms with E-state index in [1.165, 1.54) is 11.8 Å². The molecule has 3 rings (SSSR count). The number of methoxy groups -OCH3 is 1. The molecule has 0 aliphatic carbocycles. The summed E-state index contributed by atoms with van der Waals surface area (Å²) in [5, 5.41) is 3.69. The van der Waals surface area contributed by atoms with E-state index in [0.29, 0.717) is 28.6 Å². The molecule has 0 spiro atoms. The lowest BCUT2D eigenvalue weighted by Crippen LogP contribution is -2.30. The van der Waals surface area contributed by atoms with Crippen LogP contribution < -0.4 is 10.9 Å². The number of nitrogens with one attached hydrogen (secondary N) is 1. The molecule has 7 heteroatoms. The number of thioether (sulfide) groups is 1. The van der Waals surface area contributed by atoms with Gasteiger partial charge in [0.05, 0.1) is 28.8 Å². The van der Waals surface area contributed by atoms with Crippen molar-refractivity contribution in [1.82, 2.24) is 9.55 Å². The second kappa shape index (κ2) is 10.8.